The van der Waals surface area contributed by atoms with Gasteiger partial charge in [-0.25, -0.2) is 4.79 Å². The van der Waals surface area contributed by atoms with Crippen molar-refractivity contribution in [3.05, 3.63) is 47.5 Å². The minimum absolute atomic E-state index is 0.0233. The Hall–Kier alpha value is -3.90. The summed E-state index contributed by atoms with van der Waals surface area (Å²) in [5.41, 5.74) is -1.56. The van der Waals surface area contributed by atoms with Gasteiger partial charge in [0.1, 0.15) is 11.6 Å². The molecular weight excluding hydrogens is 644 g/mol. The molecule has 9 atom stereocenters. The summed E-state index contributed by atoms with van der Waals surface area (Å²) in [4.78, 5) is 76.0. The van der Waals surface area contributed by atoms with E-state index >= 15 is 0 Å². The first kappa shape index (κ1) is 37.4. The smallest absolute Gasteiger partial charge is 0.330 e. The molecule has 5 rings (SSSR count). The van der Waals surface area contributed by atoms with Crippen molar-refractivity contribution < 1.29 is 48.8 Å². The zero-order valence-electron chi connectivity index (χ0n) is 29.3. The number of esters is 1. The minimum atomic E-state index is -1.80. The Labute approximate surface area is 292 Å². The van der Waals surface area contributed by atoms with E-state index in [2.05, 4.69) is 17.6 Å². The standard InChI is InChI=1S/C38H50N2O10/c1-21(2)32(34(46)40-33(35(47)48)22-8-6-5-7-9-22)39-29(44)12-13-30(45)50-20-28(43)38(49)17-15-26-25-11-10-23-18-24(41)14-16-36(23,3)31(25)27(42)19-37(26,38)4/h5-9,18,21,25-27,31-33,42,49H,10-17,19-20H2,1-4H3,(H,39,44)(H,40,46)(H,47,48)/t25-,26+,27+,31-,32-,33-,36-,37-,38-/m0/s1. The topological polar surface area (TPSA) is 196 Å². The highest BCUT2D eigenvalue weighted by atomic mass is 16.5. The molecule has 3 fully saturated rings. The number of carbonyl (C=O) groups is 6. The molecule has 1 aromatic rings. The van der Waals surface area contributed by atoms with Crippen molar-refractivity contribution in [1.29, 1.82) is 0 Å². The van der Waals surface area contributed by atoms with Gasteiger partial charge in [0.25, 0.3) is 0 Å². The van der Waals surface area contributed by atoms with E-state index in [1.54, 1.807) is 50.3 Å². The van der Waals surface area contributed by atoms with Crippen molar-refractivity contribution in [2.45, 2.75) is 109 Å². The van der Waals surface area contributed by atoms with Crippen molar-refractivity contribution >= 4 is 35.3 Å². The van der Waals surface area contributed by atoms with Crippen LogP contribution in [0.5, 0.6) is 0 Å². The molecule has 0 radical (unpaired) electrons. The molecule has 4 aliphatic rings. The number of aliphatic carboxylic acids is 1. The quantitative estimate of drug-likeness (QED) is 0.203. The lowest BCUT2D eigenvalue weighted by Crippen LogP contribution is -2.62. The first-order valence-corrected chi connectivity index (χ1v) is 17.7. The van der Waals surface area contributed by atoms with Gasteiger partial charge >= 0.3 is 11.9 Å². The number of Topliss-reactive ketones (excluding diaryl/α,β-unsaturated/α-hetero) is 1. The van der Waals surface area contributed by atoms with E-state index in [4.69, 9.17) is 4.74 Å². The number of ether oxygens (including phenoxy) is 1. The second-order valence-electron chi connectivity index (χ2n) is 15.5. The summed E-state index contributed by atoms with van der Waals surface area (Å²) >= 11 is 0. The Bertz CT molecular complexity index is 1560. The van der Waals surface area contributed by atoms with Gasteiger partial charge in [0.2, 0.25) is 17.6 Å². The van der Waals surface area contributed by atoms with E-state index in [1.807, 2.05) is 6.92 Å². The Morgan fingerprint density at radius 2 is 1.68 bits per heavy atom. The second-order valence-corrected chi connectivity index (χ2v) is 15.5. The highest BCUT2D eigenvalue weighted by Gasteiger charge is 2.68. The van der Waals surface area contributed by atoms with Gasteiger partial charge in [-0.15, -0.1) is 0 Å². The first-order valence-electron chi connectivity index (χ1n) is 17.7. The number of fused-ring (bicyclic) bond motifs is 5. The average Bonchev–Trinajstić information content (AvgIpc) is 3.34. The number of amides is 2. The number of benzene rings is 1. The fraction of sp³-hybridized carbons (Fsp3) is 0.632. The van der Waals surface area contributed by atoms with Gasteiger partial charge in [-0.1, -0.05) is 63.6 Å². The molecule has 12 nitrogen and oxygen atoms in total. The van der Waals surface area contributed by atoms with Gasteiger partial charge < -0.3 is 30.7 Å². The van der Waals surface area contributed by atoms with Crippen molar-refractivity contribution in [1.82, 2.24) is 10.6 Å². The summed E-state index contributed by atoms with van der Waals surface area (Å²) in [6, 6.07) is 5.77. The lowest BCUT2D eigenvalue weighted by Gasteiger charge is -2.60. The SMILES string of the molecule is CC(C)[C@H](NC(=O)CCC(=O)OCC(=O)[C@@]1(O)CC[C@@H]2[C@@H]3CCC4=CC(=O)CC[C@]4(C)[C@@H]3[C@H](O)C[C@@]21C)C(=O)N[C@H](C(=O)O)c1ccccc1. The van der Waals surface area contributed by atoms with Crippen LogP contribution in [0.15, 0.2) is 42.0 Å². The summed E-state index contributed by atoms with van der Waals surface area (Å²) in [5.74, 6) is -4.35. The van der Waals surface area contributed by atoms with E-state index in [1.165, 1.54) is 0 Å². The second kappa shape index (κ2) is 14.4. The summed E-state index contributed by atoms with van der Waals surface area (Å²) in [6.45, 7) is 6.69. The van der Waals surface area contributed by atoms with Crippen molar-refractivity contribution in [2.24, 2.45) is 34.5 Å². The monoisotopic (exact) mass is 694 g/mol. The zero-order chi connectivity index (χ0) is 36.6. The molecule has 0 aromatic heterocycles. The van der Waals surface area contributed by atoms with Gasteiger partial charge in [0.15, 0.2) is 18.4 Å². The molecule has 12 heteroatoms. The summed E-state index contributed by atoms with van der Waals surface area (Å²) in [7, 11) is 0. The predicted molar refractivity (Wildman–Crippen MR) is 180 cm³/mol. The number of allylic oxidation sites excluding steroid dienone is 1. The number of aliphatic hydroxyl groups excluding tert-OH is 1. The molecule has 3 saturated carbocycles. The van der Waals surface area contributed by atoms with Crippen molar-refractivity contribution in [2.75, 3.05) is 6.61 Å². The number of ketones is 2. The van der Waals surface area contributed by atoms with E-state index in [0.29, 0.717) is 24.8 Å². The lowest BCUT2D eigenvalue weighted by atomic mass is 9.45. The van der Waals surface area contributed by atoms with Crippen molar-refractivity contribution in [3.63, 3.8) is 0 Å². The molecule has 0 heterocycles. The molecule has 0 saturated heterocycles. The number of hydrogen-bond acceptors (Lipinski definition) is 9. The highest BCUT2D eigenvalue weighted by molar-refractivity contribution is 5.93. The van der Waals surface area contributed by atoms with Crippen LogP contribution in [0, 0.1) is 34.5 Å². The maximum Gasteiger partial charge on any atom is 0.330 e. The molecule has 2 amide bonds. The summed E-state index contributed by atoms with van der Waals surface area (Å²) < 4.78 is 5.24. The van der Waals surface area contributed by atoms with Gasteiger partial charge in [-0.05, 0) is 79.3 Å². The molecule has 0 unspecified atom stereocenters. The molecule has 50 heavy (non-hydrogen) atoms. The lowest BCUT2D eigenvalue weighted by molar-refractivity contribution is -0.184. The number of rotatable bonds is 12. The molecule has 4 aliphatic carbocycles. The third-order valence-corrected chi connectivity index (χ3v) is 12.4. The third-order valence-electron chi connectivity index (χ3n) is 12.4. The highest BCUT2D eigenvalue weighted by Crippen LogP contribution is 2.67. The van der Waals surface area contributed by atoms with E-state index < -0.39 is 71.3 Å². The van der Waals surface area contributed by atoms with Crippen LogP contribution in [0.2, 0.25) is 0 Å². The zero-order valence-corrected chi connectivity index (χ0v) is 29.3. The fourth-order valence-corrected chi connectivity index (χ4v) is 9.65. The maximum atomic E-state index is 13.6. The molecule has 0 spiro atoms. The first-order chi connectivity index (χ1) is 23.5. The van der Waals surface area contributed by atoms with Crippen LogP contribution in [0.1, 0.15) is 97.1 Å². The number of carbonyl (C=O) groups excluding carboxylic acids is 5. The van der Waals surface area contributed by atoms with Gasteiger partial charge in [-0.3, -0.25) is 24.0 Å². The molecule has 0 aliphatic heterocycles. The number of carboxylic acid groups (broad SMARTS) is 1. The largest absolute Gasteiger partial charge is 0.479 e. The molecule has 1 aromatic carbocycles. The summed E-state index contributed by atoms with van der Waals surface area (Å²) in [6.07, 6.45) is 3.91. The Kier molecular flexibility index (Phi) is 10.7. The van der Waals surface area contributed by atoms with Gasteiger partial charge in [0, 0.05) is 18.3 Å². The summed E-state index contributed by atoms with van der Waals surface area (Å²) in [5, 5.41) is 38.2. The maximum absolute atomic E-state index is 13.6. The normalized spacial score (nSPS) is 32.8. The van der Waals surface area contributed by atoms with Crippen LogP contribution in [0.25, 0.3) is 0 Å². The Morgan fingerprint density at radius 3 is 2.34 bits per heavy atom. The van der Waals surface area contributed by atoms with E-state index in [0.717, 1.165) is 18.4 Å². The van der Waals surface area contributed by atoms with E-state index in [9.17, 15) is 44.1 Å². The molecule has 0 bridgehead atoms. The fourth-order valence-electron chi connectivity index (χ4n) is 9.65. The van der Waals surface area contributed by atoms with Gasteiger partial charge in [0.05, 0.1) is 12.5 Å². The van der Waals surface area contributed by atoms with Crippen LogP contribution < -0.4 is 10.6 Å². The average molecular weight is 695 g/mol. The molecule has 5 N–H and O–H groups in total. The number of hydrogen-bond donors (Lipinski definition) is 5. The van der Waals surface area contributed by atoms with E-state index in [-0.39, 0.29) is 54.6 Å². The van der Waals surface area contributed by atoms with Crippen LogP contribution in [0.3, 0.4) is 0 Å². The number of carboxylic acids is 1. The predicted octanol–water partition coefficient (Wildman–Crippen LogP) is 3.20. The third kappa shape index (κ3) is 6.88. The number of aliphatic hydroxyl groups is 2. The van der Waals surface area contributed by atoms with Crippen LogP contribution in [0.4, 0.5) is 0 Å². The van der Waals surface area contributed by atoms with Crippen LogP contribution in [-0.2, 0) is 33.5 Å². The Balaban J connectivity index is 1.14. The minimum Gasteiger partial charge on any atom is -0.479 e. The van der Waals surface area contributed by atoms with Crippen LogP contribution >= 0.6 is 0 Å². The molecular formula is C38H50N2O10. The Morgan fingerprint density at radius 1 is 0.980 bits per heavy atom. The molecule has 272 valence electrons. The van der Waals surface area contributed by atoms with Gasteiger partial charge in [-0.2, -0.15) is 0 Å². The van der Waals surface area contributed by atoms with Crippen LogP contribution in [-0.4, -0.2) is 75.0 Å². The number of nitrogens with one attached hydrogen (secondary N) is 2. The van der Waals surface area contributed by atoms with Crippen molar-refractivity contribution in [3.8, 4) is 0 Å².